The van der Waals surface area contributed by atoms with Crippen LogP contribution in [0.4, 0.5) is 14.9 Å². The molecule has 6 nitrogen and oxygen atoms in total. The van der Waals surface area contributed by atoms with Gasteiger partial charge in [0, 0.05) is 26.8 Å². The lowest BCUT2D eigenvalue weighted by atomic mass is 10.1. The second-order valence-electron chi connectivity index (χ2n) is 6.37. The standard InChI is InChI=1S/C20H24FN3O3/c1-14(15-5-7-16(21)8-6-15)24(4)20(26)22-17-9-11-18(12-10-17)27-13-19(25)23(2)3/h5-12,14H,13H2,1-4H3,(H,22,26). The molecule has 7 heteroatoms. The maximum atomic E-state index is 13.0. The van der Waals surface area contributed by atoms with Gasteiger partial charge in [-0.25, -0.2) is 9.18 Å². The Kier molecular flexibility index (Phi) is 6.76. The largest absolute Gasteiger partial charge is 0.484 e. The molecule has 0 aliphatic rings. The van der Waals surface area contributed by atoms with Gasteiger partial charge in [0.05, 0.1) is 6.04 Å². The minimum absolute atomic E-state index is 0.0450. The number of nitrogens with zero attached hydrogens (tertiary/aromatic N) is 2. The zero-order valence-corrected chi connectivity index (χ0v) is 15.9. The van der Waals surface area contributed by atoms with Gasteiger partial charge >= 0.3 is 6.03 Å². The van der Waals surface area contributed by atoms with Crippen molar-refractivity contribution in [1.29, 1.82) is 0 Å². The molecule has 144 valence electrons. The van der Waals surface area contributed by atoms with Crippen molar-refractivity contribution in [3.63, 3.8) is 0 Å². The third kappa shape index (κ3) is 5.70. The van der Waals surface area contributed by atoms with Crippen molar-refractivity contribution < 1.29 is 18.7 Å². The summed E-state index contributed by atoms with van der Waals surface area (Å²) in [5.74, 6) is 0.0904. The highest BCUT2D eigenvalue weighted by atomic mass is 19.1. The highest BCUT2D eigenvalue weighted by molar-refractivity contribution is 5.89. The van der Waals surface area contributed by atoms with Gasteiger partial charge in [-0.3, -0.25) is 4.79 Å². The van der Waals surface area contributed by atoms with Gasteiger partial charge in [-0.1, -0.05) is 12.1 Å². The Balaban J connectivity index is 1.92. The van der Waals surface area contributed by atoms with Crippen LogP contribution in [0, 0.1) is 5.82 Å². The molecule has 1 atom stereocenters. The van der Waals surface area contributed by atoms with Crippen LogP contribution in [0.5, 0.6) is 5.75 Å². The number of anilines is 1. The first-order valence-corrected chi connectivity index (χ1v) is 8.50. The van der Waals surface area contributed by atoms with E-state index in [-0.39, 0.29) is 30.4 Å². The summed E-state index contributed by atoms with van der Waals surface area (Å²) in [6, 6.07) is 12.3. The Morgan fingerprint density at radius 3 is 2.19 bits per heavy atom. The molecule has 2 aromatic carbocycles. The van der Waals surface area contributed by atoms with Gasteiger partial charge in [0.15, 0.2) is 6.61 Å². The first-order chi connectivity index (χ1) is 12.8. The average molecular weight is 373 g/mol. The fraction of sp³-hybridized carbons (Fsp3) is 0.300. The summed E-state index contributed by atoms with van der Waals surface area (Å²) < 4.78 is 18.4. The molecule has 2 rings (SSSR count). The second-order valence-corrected chi connectivity index (χ2v) is 6.37. The van der Waals surface area contributed by atoms with Crippen molar-refractivity contribution in [3.8, 4) is 5.75 Å². The molecule has 0 saturated heterocycles. The van der Waals surface area contributed by atoms with Crippen LogP contribution in [0.25, 0.3) is 0 Å². The number of halogens is 1. The molecule has 0 bridgehead atoms. The Hall–Kier alpha value is -3.09. The quantitative estimate of drug-likeness (QED) is 0.843. The average Bonchev–Trinajstić information content (AvgIpc) is 2.66. The van der Waals surface area contributed by atoms with E-state index in [1.165, 1.54) is 21.9 Å². The van der Waals surface area contributed by atoms with Gasteiger partial charge in [-0.05, 0) is 48.9 Å². The molecule has 1 N–H and O–H groups in total. The van der Waals surface area contributed by atoms with Crippen molar-refractivity contribution in [1.82, 2.24) is 9.80 Å². The van der Waals surface area contributed by atoms with Crippen LogP contribution >= 0.6 is 0 Å². The first kappa shape index (κ1) is 20.2. The Bertz CT molecular complexity index is 776. The molecule has 3 amide bonds. The Labute approximate surface area is 158 Å². The number of nitrogens with one attached hydrogen (secondary N) is 1. The second kappa shape index (κ2) is 9.02. The maximum Gasteiger partial charge on any atom is 0.322 e. The van der Waals surface area contributed by atoms with Crippen LogP contribution < -0.4 is 10.1 Å². The van der Waals surface area contributed by atoms with E-state index < -0.39 is 0 Å². The molecular weight excluding hydrogens is 349 g/mol. The number of hydrogen-bond acceptors (Lipinski definition) is 3. The van der Waals surface area contributed by atoms with E-state index in [1.54, 1.807) is 57.5 Å². The number of ether oxygens (including phenoxy) is 1. The molecule has 1 unspecified atom stereocenters. The molecule has 0 radical (unpaired) electrons. The number of carbonyl (C=O) groups is 2. The zero-order chi connectivity index (χ0) is 20.0. The molecule has 27 heavy (non-hydrogen) atoms. The highest BCUT2D eigenvalue weighted by Gasteiger charge is 2.17. The Morgan fingerprint density at radius 2 is 1.63 bits per heavy atom. The van der Waals surface area contributed by atoms with E-state index in [0.717, 1.165) is 5.56 Å². The van der Waals surface area contributed by atoms with Crippen molar-refractivity contribution in [3.05, 3.63) is 59.9 Å². The van der Waals surface area contributed by atoms with Gasteiger partial charge in [-0.2, -0.15) is 0 Å². The smallest absolute Gasteiger partial charge is 0.322 e. The van der Waals surface area contributed by atoms with Gasteiger partial charge in [0.1, 0.15) is 11.6 Å². The number of likely N-dealkylation sites (N-methyl/N-ethyl adjacent to an activating group) is 1. The van der Waals surface area contributed by atoms with E-state index in [2.05, 4.69) is 5.32 Å². The van der Waals surface area contributed by atoms with Crippen molar-refractivity contribution in [2.24, 2.45) is 0 Å². The van der Waals surface area contributed by atoms with Crippen LogP contribution in [0.2, 0.25) is 0 Å². The van der Waals surface area contributed by atoms with Crippen molar-refractivity contribution >= 4 is 17.6 Å². The summed E-state index contributed by atoms with van der Waals surface area (Å²) in [5.41, 5.74) is 1.44. The molecule has 0 aromatic heterocycles. The lowest BCUT2D eigenvalue weighted by Crippen LogP contribution is -2.33. The molecule has 0 spiro atoms. The number of amides is 3. The van der Waals surface area contributed by atoms with E-state index in [9.17, 15) is 14.0 Å². The Morgan fingerprint density at radius 1 is 1.04 bits per heavy atom. The predicted octanol–water partition coefficient (Wildman–Crippen LogP) is 3.52. The van der Waals surface area contributed by atoms with Crippen molar-refractivity contribution in [2.45, 2.75) is 13.0 Å². The summed E-state index contributed by atoms with van der Waals surface area (Å²) in [5, 5.41) is 2.80. The summed E-state index contributed by atoms with van der Waals surface area (Å²) in [6.07, 6.45) is 0. The summed E-state index contributed by atoms with van der Waals surface area (Å²) in [7, 11) is 5.00. The molecule has 0 aliphatic carbocycles. The van der Waals surface area contributed by atoms with Crippen LogP contribution in [0.15, 0.2) is 48.5 Å². The fourth-order valence-corrected chi connectivity index (χ4v) is 2.26. The summed E-state index contributed by atoms with van der Waals surface area (Å²) in [6.45, 7) is 1.82. The molecule has 0 heterocycles. The van der Waals surface area contributed by atoms with Crippen LogP contribution in [-0.4, -0.2) is 49.5 Å². The first-order valence-electron chi connectivity index (χ1n) is 8.50. The molecule has 0 fully saturated rings. The minimum atomic E-state index is -0.312. The van der Waals surface area contributed by atoms with Gasteiger partial charge in [-0.15, -0.1) is 0 Å². The topological polar surface area (TPSA) is 61.9 Å². The number of urea groups is 1. The molecular formula is C20H24FN3O3. The highest BCUT2D eigenvalue weighted by Crippen LogP contribution is 2.21. The van der Waals surface area contributed by atoms with E-state index >= 15 is 0 Å². The maximum absolute atomic E-state index is 13.0. The lowest BCUT2D eigenvalue weighted by molar-refractivity contribution is -0.130. The molecule has 0 aliphatic heterocycles. The summed E-state index contributed by atoms with van der Waals surface area (Å²) in [4.78, 5) is 26.9. The van der Waals surface area contributed by atoms with E-state index in [1.807, 2.05) is 6.92 Å². The third-order valence-electron chi connectivity index (χ3n) is 4.22. The summed E-state index contributed by atoms with van der Waals surface area (Å²) >= 11 is 0. The monoisotopic (exact) mass is 373 g/mol. The SMILES string of the molecule is CC(c1ccc(F)cc1)N(C)C(=O)Nc1ccc(OCC(=O)N(C)C)cc1. The van der Waals surface area contributed by atoms with Crippen LogP contribution in [0.1, 0.15) is 18.5 Å². The third-order valence-corrected chi connectivity index (χ3v) is 4.22. The van der Waals surface area contributed by atoms with E-state index in [4.69, 9.17) is 4.74 Å². The van der Waals surface area contributed by atoms with Gasteiger partial charge < -0.3 is 19.9 Å². The number of hydrogen-bond donors (Lipinski definition) is 1. The predicted molar refractivity (Wildman–Crippen MR) is 102 cm³/mol. The van der Waals surface area contributed by atoms with Gasteiger partial charge in [0.25, 0.3) is 5.91 Å². The molecule has 2 aromatic rings. The number of benzene rings is 2. The van der Waals surface area contributed by atoms with Gasteiger partial charge in [0.2, 0.25) is 0 Å². The minimum Gasteiger partial charge on any atom is -0.484 e. The fourth-order valence-electron chi connectivity index (χ4n) is 2.26. The lowest BCUT2D eigenvalue weighted by Gasteiger charge is -2.25. The van der Waals surface area contributed by atoms with Crippen LogP contribution in [-0.2, 0) is 4.79 Å². The normalized spacial score (nSPS) is 11.4. The van der Waals surface area contributed by atoms with Crippen molar-refractivity contribution in [2.75, 3.05) is 33.1 Å². The van der Waals surface area contributed by atoms with E-state index in [0.29, 0.717) is 11.4 Å². The molecule has 0 saturated carbocycles. The number of carbonyl (C=O) groups excluding carboxylic acids is 2. The number of rotatable bonds is 6. The van der Waals surface area contributed by atoms with Crippen LogP contribution in [0.3, 0.4) is 0 Å². The zero-order valence-electron chi connectivity index (χ0n) is 15.9.